The quantitative estimate of drug-likeness (QED) is 0.347. The van der Waals surface area contributed by atoms with Gasteiger partial charge < -0.3 is 14.6 Å². The molecule has 1 fully saturated rings. The summed E-state index contributed by atoms with van der Waals surface area (Å²) in [5, 5.41) is 9.35. The van der Waals surface area contributed by atoms with Gasteiger partial charge in [-0.2, -0.15) is 0 Å². The second kappa shape index (κ2) is 10.5. The highest BCUT2D eigenvalue weighted by atomic mass is 16.5. The van der Waals surface area contributed by atoms with Crippen molar-refractivity contribution in [3.8, 4) is 22.8 Å². The van der Waals surface area contributed by atoms with Crippen molar-refractivity contribution in [3.63, 3.8) is 0 Å². The first-order valence-electron chi connectivity index (χ1n) is 12.3. The molecule has 5 heteroatoms. The van der Waals surface area contributed by atoms with Gasteiger partial charge in [0.05, 0.1) is 25.4 Å². The van der Waals surface area contributed by atoms with Gasteiger partial charge in [0.1, 0.15) is 18.1 Å². The maximum atomic E-state index is 11.4. The largest absolute Gasteiger partial charge is 0.497 e. The lowest BCUT2D eigenvalue weighted by Crippen LogP contribution is -2.11. The van der Waals surface area contributed by atoms with Crippen LogP contribution in [0.15, 0.2) is 60.8 Å². The van der Waals surface area contributed by atoms with Gasteiger partial charge in [0.2, 0.25) is 0 Å². The van der Waals surface area contributed by atoms with Crippen LogP contribution in [0.2, 0.25) is 0 Å². The lowest BCUT2D eigenvalue weighted by atomic mass is 9.86. The number of hydrogen-bond donors (Lipinski definition) is 1. The lowest BCUT2D eigenvalue weighted by Gasteiger charge is -2.21. The summed E-state index contributed by atoms with van der Waals surface area (Å²) in [6.45, 7) is 7.06. The van der Waals surface area contributed by atoms with Crippen LogP contribution in [-0.4, -0.2) is 23.2 Å². The van der Waals surface area contributed by atoms with Crippen LogP contribution in [0.1, 0.15) is 62.6 Å². The molecule has 2 aromatic carbocycles. The van der Waals surface area contributed by atoms with Crippen molar-refractivity contribution in [2.24, 2.45) is 11.3 Å². The second-order valence-electron chi connectivity index (χ2n) is 10.7. The van der Waals surface area contributed by atoms with Crippen molar-refractivity contribution in [2.75, 3.05) is 7.11 Å². The summed E-state index contributed by atoms with van der Waals surface area (Å²) in [6, 6.07) is 18.2. The topological polar surface area (TPSA) is 68.7 Å². The molecule has 0 bridgehead atoms. The number of carbonyl (C=O) groups is 1. The van der Waals surface area contributed by atoms with E-state index in [9.17, 15) is 9.90 Å². The first kappa shape index (κ1) is 24.8. The number of aromatic nitrogens is 1. The molecule has 5 nitrogen and oxygen atoms in total. The minimum absolute atomic E-state index is 0.0784. The third-order valence-electron chi connectivity index (χ3n) is 6.38. The Morgan fingerprint density at radius 3 is 2.54 bits per heavy atom. The second-order valence-corrected chi connectivity index (χ2v) is 10.7. The van der Waals surface area contributed by atoms with Gasteiger partial charge in [-0.3, -0.25) is 9.78 Å². The molecule has 1 aliphatic rings. The number of hydrogen-bond acceptors (Lipinski definition) is 4. The molecule has 1 unspecified atom stereocenters. The Morgan fingerprint density at radius 2 is 1.86 bits per heavy atom. The van der Waals surface area contributed by atoms with Gasteiger partial charge in [0.25, 0.3) is 0 Å². The molecule has 0 spiro atoms. The van der Waals surface area contributed by atoms with Crippen molar-refractivity contribution in [3.05, 3.63) is 77.5 Å². The molecule has 0 saturated heterocycles. The number of pyridine rings is 1. The van der Waals surface area contributed by atoms with Gasteiger partial charge >= 0.3 is 5.97 Å². The Kier molecular flexibility index (Phi) is 7.44. The summed E-state index contributed by atoms with van der Waals surface area (Å²) in [5.74, 6) is 1.35. The number of nitrogens with zero attached hydrogens (tertiary/aromatic N) is 1. The molecule has 1 heterocycles. The van der Waals surface area contributed by atoms with Crippen LogP contribution < -0.4 is 9.47 Å². The summed E-state index contributed by atoms with van der Waals surface area (Å²) in [6.07, 6.45) is 5.04. The summed E-state index contributed by atoms with van der Waals surface area (Å²) >= 11 is 0. The maximum Gasteiger partial charge on any atom is 0.303 e. The molecular formula is C30H35NO4. The summed E-state index contributed by atoms with van der Waals surface area (Å²) < 4.78 is 11.6. The van der Waals surface area contributed by atoms with Gasteiger partial charge in [0.15, 0.2) is 0 Å². The number of aliphatic carboxylic acids is 1. The third kappa shape index (κ3) is 6.84. The highest BCUT2D eigenvalue weighted by molar-refractivity contribution is 5.68. The first-order valence-corrected chi connectivity index (χ1v) is 12.3. The molecule has 35 heavy (non-hydrogen) atoms. The number of methoxy groups -OCH3 is 1. The summed E-state index contributed by atoms with van der Waals surface area (Å²) in [7, 11) is 1.67. The first-order chi connectivity index (χ1) is 16.7. The van der Waals surface area contributed by atoms with Crippen LogP contribution in [0.5, 0.6) is 11.5 Å². The highest BCUT2D eigenvalue weighted by Crippen LogP contribution is 2.44. The van der Waals surface area contributed by atoms with E-state index in [1.54, 1.807) is 13.3 Å². The zero-order valence-corrected chi connectivity index (χ0v) is 21.1. The fourth-order valence-corrected chi connectivity index (χ4v) is 4.63. The standard InChI is InChI=1S/C30H35NO4/c1-30(2,3)17-24-15-26(18-31-29(24)23-9-6-10-25(14-23)34-4)35-19-20-7-5-8-22(13-20)27(16-28(32)33)21-11-12-21/h5-10,13-15,18,21,27H,11-12,16-17,19H2,1-4H3,(H,32,33). The molecule has 1 N–H and O–H groups in total. The number of rotatable bonds is 10. The Morgan fingerprint density at radius 1 is 1.09 bits per heavy atom. The zero-order valence-electron chi connectivity index (χ0n) is 21.1. The van der Waals surface area contributed by atoms with Crippen LogP contribution in [0.25, 0.3) is 11.3 Å². The fourth-order valence-electron chi connectivity index (χ4n) is 4.63. The third-order valence-corrected chi connectivity index (χ3v) is 6.38. The van der Waals surface area contributed by atoms with Crippen molar-refractivity contribution in [2.45, 2.75) is 59.0 Å². The van der Waals surface area contributed by atoms with E-state index in [0.29, 0.717) is 12.5 Å². The van der Waals surface area contributed by atoms with E-state index < -0.39 is 5.97 Å². The van der Waals surface area contributed by atoms with E-state index >= 15 is 0 Å². The van der Waals surface area contributed by atoms with Crippen LogP contribution in [0.3, 0.4) is 0 Å². The Labute approximate surface area is 208 Å². The molecule has 0 radical (unpaired) electrons. The van der Waals surface area contributed by atoms with Crippen molar-refractivity contribution in [1.82, 2.24) is 4.98 Å². The monoisotopic (exact) mass is 473 g/mol. The predicted octanol–water partition coefficient (Wildman–Crippen LogP) is 6.89. The van der Waals surface area contributed by atoms with Crippen LogP contribution in [-0.2, 0) is 17.8 Å². The Hall–Kier alpha value is -3.34. The number of ether oxygens (including phenoxy) is 2. The number of carboxylic acids is 1. The number of carboxylic acid groups (broad SMARTS) is 1. The SMILES string of the molecule is COc1cccc(-c2ncc(OCc3cccc(C(CC(=O)O)C4CC4)c3)cc2CC(C)(C)C)c1. The average Bonchev–Trinajstić information content (AvgIpc) is 3.66. The van der Waals surface area contributed by atoms with Gasteiger partial charge in [0, 0.05) is 5.56 Å². The van der Waals surface area contributed by atoms with E-state index in [-0.39, 0.29) is 17.8 Å². The van der Waals surface area contributed by atoms with Crippen LogP contribution in [0, 0.1) is 11.3 Å². The zero-order chi connectivity index (χ0) is 25.0. The molecule has 1 aliphatic carbocycles. The molecule has 3 aromatic rings. The van der Waals surface area contributed by atoms with Gasteiger partial charge in [-0.05, 0) is 71.4 Å². The lowest BCUT2D eigenvalue weighted by molar-refractivity contribution is -0.137. The fraction of sp³-hybridized carbons (Fsp3) is 0.400. The average molecular weight is 474 g/mol. The maximum absolute atomic E-state index is 11.4. The number of benzene rings is 2. The molecule has 0 amide bonds. The van der Waals surface area contributed by atoms with E-state index in [4.69, 9.17) is 14.5 Å². The molecular weight excluding hydrogens is 438 g/mol. The minimum Gasteiger partial charge on any atom is -0.497 e. The summed E-state index contributed by atoms with van der Waals surface area (Å²) in [5.41, 5.74) is 5.31. The van der Waals surface area contributed by atoms with E-state index in [2.05, 4.69) is 39.0 Å². The van der Waals surface area contributed by atoms with E-state index in [1.165, 1.54) is 0 Å². The Bertz CT molecular complexity index is 1180. The minimum atomic E-state index is -0.739. The van der Waals surface area contributed by atoms with Crippen LogP contribution >= 0.6 is 0 Å². The predicted molar refractivity (Wildman–Crippen MR) is 138 cm³/mol. The van der Waals surface area contributed by atoms with Gasteiger partial charge in [-0.15, -0.1) is 0 Å². The van der Waals surface area contributed by atoms with Crippen molar-refractivity contribution >= 4 is 5.97 Å². The van der Waals surface area contributed by atoms with E-state index in [1.807, 2.05) is 36.4 Å². The van der Waals surface area contributed by atoms with Crippen LogP contribution in [0.4, 0.5) is 0 Å². The normalized spacial score (nSPS) is 14.4. The molecule has 1 aromatic heterocycles. The molecule has 0 aliphatic heterocycles. The van der Waals surface area contributed by atoms with Gasteiger partial charge in [-0.25, -0.2) is 0 Å². The van der Waals surface area contributed by atoms with E-state index in [0.717, 1.165) is 58.7 Å². The Balaban J connectivity index is 1.55. The molecule has 4 rings (SSSR count). The highest BCUT2D eigenvalue weighted by Gasteiger charge is 2.33. The molecule has 184 valence electrons. The van der Waals surface area contributed by atoms with Crippen molar-refractivity contribution < 1.29 is 19.4 Å². The smallest absolute Gasteiger partial charge is 0.303 e. The summed E-state index contributed by atoms with van der Waals surface area (Å²) in [4.78, 5) is 16.2. The van der Waals surface area contributed by atoms with Crippen molar-refractivity contribution in [1.29, 1.82) is 0 Å². The molecule has 1 atom stereocenters. The molecule has 1 saturated carbocycles. The van der Waals surface area contributed by atoms with Gasteiger partial charge in [-0.1, -0.05) is 57.2 Å².